The average molecular weight is 313 g/mol. The average Bonchev–Trinajstić information content (AvgIpc) is 2.38. The number of carbonyl (C=O) groups is 3. The minimum absolute atomic E-state index is 0.0377. The topological polar surface area (TPSA) is 79.0 Å². The summed E-state index contributed by atoms with van der Waals surface area (Å²) in [5.41, 5.74) is -0.621. The monoisotopic (exact) mass is 313 g/mol. The van der Waals surface area contributed by atoms with E-state index in [1.165, 1.54) is 4.90 Å². The van der Waals surface area contributed by atoms with Gasteiger partial charge in [-0.3, -0.25) is 9.59 Å². The van der Waals surface area contributed by atoms with Gasteiger partial charge in [0, 0.05) is 19.6 Å². The van der Waals surface area contributed by atoms with E-state index in [4.69, 9.17) is 4.74 Å². The van der Waals surface area contributed by atoms with Crippen LogP contribution >= 0.6 is 0 Å². The zero-order valence-corrected chi connectivity index (χ0v) is 14.3. The Morgan fingerprint density at radius 2 is 2.00 bits per heavy atom. The number of nitrogens with zero attached hydrogens (tertiary/aromatic N) is 2. The van der Waals surface area contributed by atoms with Crippen LogP contribution in [0.1, 0.15) is 41.0 Å². The first-order valence-corrected chi connectivity index (χ1v) is 7.59. The van der Waals surface area contributed by atoms with Gasteiger partial charge in [-0.25, -0.2) is 4.79 Å². The van der Waals surface area contributed by atoms with E-state index in [1.807, 2.05) is 6.92 Å². The van der Waals surface area contributed by atoms with Gasteiger partial charge in [-0.2, -0.15) is 0 Å². The van der Waals surface area contributed by atoms with E-state index in [-0.39, 0.29) is 24.4 Å². The fourth-order valence-corrected chi connectivity index (χ4v) is 2.20. The summed E-state index contributed by atoms with van der Waals surface area (Å²) in [6, 6.07) is -0.720. The highest BCUT2D eigenvalue weighted by Gasteiger charge is 2.33. The summed E-state index contributed by atoms with van der Waals surface area (Å²) in [7, 11) is 1.73. The highest BCUT2D eigenvalue weighted by Crippen LogP contribution is 2.12. The molecule has 0 spiro atoms. The van der Waals surface area contributed by atoms with Crippen LogP contribution in [0, 0.1) is 0 Å². The second kappa shape index (κ2) is 6.98. The first kappa shape index (κ1) is 18.3. The van der Waals surface area contributed by atoms with Crippen LogP contribution in [-0.2, 0) is 14.3 Å². The highest BCUT2D eigenvalue weighted by molar-refractivity contribution is 5.90. The fourth-order valence-electron chi connectivity index (χ4n) is 2.20. The normalized spacial score (nSPS) is 20.6. The maximum Gasteiger partial charge on any atom is 0.408 e. The van der Waals surface area contributed by atoms with E-state index in [9.17, 15) is 14.4 Å². The van der Waals surface area contributed by atoms with Crippen LogP contribution in [0.25, 0.3) is 0 Å². The van der Waals surface area contributed by atoms with E-state index in [1.54, 1.807) is 39.6 Å². The lowest BCUT2D eigenvalue weighted by molar-refractivity contribution is -0.147. The van der Waals surface area contributed by atoms with Crippen LogP contribution in [0.3, 0.4) is 0 Å². The SMILES string of the molecule is CC[C@H](NC(=O)OC(C)(C)C)C(=O)N1CC(=O)N(C)C(C)C1. The third-order valence-corrected chi connectivity index (χ3v) is 3.57. The number of ether oxygens (including phenoxy) is 1. The van der Waals surface area contributed by atoms with Crippen molar-refractivity contribution in [3.8, 4) is 0 Å². The van der Waals surface area contributed by atoms with Crippen molar-refractivity contribution in [1.29, 1.82) is 0 Å². The summed E-state index contributed by atoms with van der Waals surface area (Å²) in [6.45, 7) is 9.49. The van der Waals surface area contributed by atoms with Gasteiger partial charge in [0.15, 0.2) is 0 Å². The van der Waals surface area contributed by atoms with Gasteiger partial charge in [0.1, 0.15) is 11.6 Å². The maximum atomic E-state index is 12.5. The molecule has 0 aromatic carbocycles. The Hall–Kier alpha value is -1.79. The van der Waals surface area contributed by atoms with Gasteiger partial charge in [-0.1, -0.05) is 6.92 Å². The number of amides is 3. The molecule has 0 radical (unpaired) electrons. The second-order valence-electron chi connectivity index (χ2n) is 6.68. The zero-order chi connectivity index (χ0) is 17.1. The lowest BCUT2D eigenvalue weighted by Gasteiger charge is -2.38. The lowest BCUT2D eigenvalue weighted by atomic mass is 10.1. The van der Waals surface area contributed by atoms with E-state index in [0.717, 1.165) is 0 Å². The number of nitrogens with one attached hydrogen (secondary N) is 1. The third kappa shape index (κ3) is 4.89. The van der Waals surface area contributed by atoms with Crippen molar-refractivity contribution in [3.63, 3.8) is 0 Å². The summed E-state index contributed by atoms with van der Waals surface area (Å²) in [4.78, 5) is 39.3. The Morgan fingerprint density at radius 3 is 2.45 bits per heavy atom. The van der Waals surface area contributed by atoms with Gasteiger partial charge >= 0.3 is 6.09 Å². The largest absolute Gasteiger partial charge is 0.444 e. The summed E-state index contributed by atoms with van der Waals surface area (Å²) in [6.07, 6.45) is -0.186. The first-order valence-electron chi connectivity index (χ1n) is 7.59. The van der Waals surface area contributed by atoms with Gasteiger partial charge in [-0.05, 0) is 34.1 Å². The molecule has 3 amide bonds. The van der Waals surface area contributed by atoms with Gasteiger partial charge in [0.2, 0.25) is 11.8 Å². The first-order chi connectivity index (χ1) is 10.0. The predicted molar refractivity (Wildman–Crippen MR) is 82.3 cm³/mol. The number of rotatable bonds is 3. The molecule has 1 heterocycles. The van der Waals surface area contributed by atoms with Gasteiger partial charge in [0.05, 0.1) is 6.54 Å². The molecule has 7 nitrogen and oxygen atoms in total. The summed E-state index contributed by atoms with van der Waals surface area (Å²) in [5.74, 6) is -0.346. The Labute approximate surface area is 132 Å². The molecule has 1 fully saturated rings. The molecule has 0 saturated carbocycles. The smallest absolute Gasteiger partial charge is 0.408 e. The molecule has 1 rings (SSSR count). The van der Waals surface area contributed by atoms with E-state index >= 15 is 0 Å². The standard InChI is InChI=1S/C15H27N3O4/c1-7-11(16-14(21)22-15(3,4)5)13(20)18-8-10(2)17(6)12(19)9-18/h10-11H,7-9H2,1-6H3,(H,16,21)/t10?,11-/m0/s1. The molecule has 0 aromatic heterocycles. The van der Waals surface area contributed by atoms with Gasteiger partial charge in [-0.15, -0.1) is 0 Å². The number of alkyl carbamates (subject to hydrolysis) is 1. The van der Waals surface area contributed by atoms with Crippen LogP contribution in [0.5, 0.6) is 0 Å². The van der Waals surface area contributed by atoms with Gasteiger partial charge < -0.3 is 19.9 Å². The molecular formula is C15H27N3O4. The van der Waals surface area contributed by atoms with Crippen molar-refractivity contribution >= 4 is 17.9 Å². The van der Waals surface area contributed by atoms with Crippen LogP contribution in [0.2, 0.25) is 0 Å². The highest BCUT2D eigenvalue weighted by atomic mass is 16.6. The fraction of sp³-hybridized carbons (Fsp3) is 0.800. The van der Waals surface area contributed by atoms with Crippen molar-refractivity contribution in [2.75, 3.05) is 20.1 Å². The minimum atomic E-state index is -0.682. The lowest BCUT2D eigenvalue weighted by Crippen LogP contribution is -2.59. The van der Waals surface area contributed by atoms with Crippen molar-refractivity contribution < 1.29 is 19.1 Å². The molecule has 1 N–H and O–H groups in total. The molecule has 126 valence electrons. The van der Waals surface area contributed by atoms with E-state index in [2.05, 4.69) is 5.32 Å². The third-order valence-electron chi connectivity index (χ3n) is 3.57. The van der Waals surface area contributed by atoms with Crippen LogP contribution in [0.15, 0.2) is 0 Å². The Bertz CT molecular complexity index is 445. The number of likely N-dealkylation sites (N-methyl/N-ethyl adjacent to an activating group) is 1. The molecule has 1 unspecified atom stereocenters. The molecule has 0 bridgehead atoms. The Balaban J connectivity index is 2.68. The van der Waals surface area contributed by atoms with E-state index in [0.29, 0.717) is 13.0 Å². The van der Waals surface area contributed by atoms with E-state index < -0.39 is 17.7 Å². The number of piperazine rings is 1. The predicted octanol–water partition coefficient (Wildman–Crippen LogP) is 0.979. The molecule has 1 aliphatic rings. The molecule has 1 saturated heterocycles. The van der Waals surface area contributed by atoms with Crippen molar-refractivity contribution in [3.05, 3.63) is 0 Å². The number of hydrogen-bond acceptors (Lipinski definition) is 4. The van der Waals surface area contributed by atoms with Crippen molar-refractivity contribution in [1.82, 2.24) is 15.1 Å². The Morgan fingerprint density at radius 1 is 1.41 bits per heavy atom. The maximum absolute atomic E-state index is 12.5. The number of carbonyl (C=O) groups excluding carboxylic acids is 3. The van der Waals surface area contributed by atoms with Crippen LogP contribution in [0.4, 0.5) is 4.79 Å². The number of hydrogen-bond donors (Lipinski definition) is 1. The molecule has 7 heteroatoms. The quantitative estimate of drug-likeness (QED) is 0.842. The molecule has 1 aliphatic heterocycles. The molecule has 0 aliphatic carbocycles. The molecule has 2 atom stereocenters. The summed E-state index contributed by atoms with van der Waals surface area (Å²) >= 11 is 0. The molecule has 22 heavy (non-hydrogen) atoms. The molecular weight excluding hydrogens is 286 g/mol. The zero-order valence-electron chi connectivity index (χ0n) is 14.3. The van der Waals surface area contributed by atoms with Crippen molar-refractivity contribution in [2.45, 2.75) is 58.7 Å². The Kier molecular flexibility index (Phi) is 5.79. The summed E-state index contributed by atoms with van der Waals surface area (Å²) < 4.78 is 5.17. The van der Waals surface area contributed by atoms with Crippen LogP contribution < -0.4 is 5.32 Å². The minimum Gasteiger partial charge on any atom is -0.444 e. The second-order valence-corrected chi connectivity index (χ2v) is 6.68. The summed E-state index contributed by atoms with van der Waals surface area (Å²) in [5, 5.41) is 2.58. The van der Waals surface area contributed by atoms with Crippen LogP contribution in [-0.4, -0.2) is 65.5 Å². The van der Waals surface area contributed by atoms with Crippen molar-refractivity contribution in [2.24, 2.45) is 0 Å². The molecule has 0 aromatic rings. The van der Waals surface area contributed by atoms with Gasteiger partial charge in [0.25, 0.3) is 0 Å².